The highest BCUT2D eigenvalue weighted by Crippen LogP contribution is 2.22. The molecule has 0 aliphatic carbocycles. The zero-order chi connectivity index (χ0) is 13.1. The Labute approximate surface area is 105 Å². The minimum Gasteiger partial charge on any atom is -0.242 e. The van der Waals surface area contributed by atoms with E-state index < -0.39 is 11.0 Å². The SMILES string of the molecule is CC[C@@H](NS(=O)C(C)(C)C)c1ccccc1F. The maximum absolute atomic E-state index is 13.6. The highest BCUT2D eigenvalue weighted by atomic mass is 32.2. The zero-order valence-electron chi connectivity index (χ0n) is 10.8. The van der Waals surface area contributed by atoms with Crippen LogP contribution in [-0.2, 0) is 11.0 Å². The molecule has 0 fully saturated rings. The van der Waals surface area contributed by atoms with Gasteiger partial charge in [0.25, 0.3) is 0 Å². The summed E-state index contributed by atoms with van der Waals surface area (Å²) in [6.07, 6.45) is 0.697. The van der Waals surface area contributed by atoms with Crippen molar-refractivity contribution in [2.75, 3.05) is 0 Å². The summed E-state index contributed by atoms with van der Waals surface area (Å²) in [6.45, 7) is 7.63. The molecular weight excluding hydrogens is 237 g/mol. The van der Waals surface area contributed by atoms with E-state index in [4.69, 9.17) is 0 Å². The summed E-state index contributed by atoms with van der Waals surface area (Å²) in [7, 11) is -1.19. The van der Waals surface area contributed by atoms with Crippen LogP contribution in [0.25, 0.3) is 0 Å². The third kappa shape index (κ3) is 3.89. The fourth-order valence-corrected chi connectivity index (χ4v) is 2.34. The topological polar surface area (TPSA) is 29.1 Å². The monoisotopic (exact) mass is 257 g/mol. The van der Waals surface area contributed by atoms with Crippen molar-refractivity contribution in [1.29, 1.82) is 0 Å². The standard InChI is InChI=1S/C13H20FNOS/c1-5-12(15-17(16)13(2,3)4)10-8-6-7-9-11(10)14/h6-9,12,15H,5H2,1-4H3/t12-,17?/m1/s1. The van der Waals surface area contributed by atoms with E-state index >= 15 is 0 Å². The van der Waals surface area contributed by atoms with Gasteiger partial charge in [0.15, 0.2) is 0 Å². The van der Waals surface area contributed by atoms with Crippen LogP contribution in [-0.4, -0.2) is 8.96 Å². The van der Waals surface area contributed by atoms with Crippen LogP contribution in [0.15, 0.2) is 24.3 Å². The molecule has 96 valence electrons. The third-order valence-corrected chi connectivity index (χ3v) is 4.11. The predicted octanol–water partition coefficient (Wildman–Crippen LogP) is 3.33. The second kappa shape index (κ2) is 5.74. The minimum absolute atomic E-state index is 0.212. The van der Waals surface area contributed by atoms with Gasteiger partial charge in [0.05, 0.1) is 15.7 Å². The molecule has 0 heterocycles. The van der Waals surface area contributed by atoms with Crippen molar-refractivity contribution in [1.82, 2.24) is 4.72 Å². The van der Waals surface area contributed by atoms with Gasteiger partial charge in [-0.3, -0.25) is 0 Å². The Morgan fingerprint density at radius 2 is 1.94 bits per heavy atom. The molecule has 0 spiro atoms. The molecule has 2 atom stereocenters. The van der Waals surface area contributed by atoms with Gasteiger partial charge < -0.3 is 0 Å². The first-order valence-electron chi connectivity index (χ1n) is 5.78. The molecule has 1 rings (SSSR count). The van der Waals surface area contributed by atoms with Crippen molar-refractivity contribution in [3.8, 4) is 0 Å². The molecule has 0 aliphatic heterocycles. The van der Waals surface area contributed by atoms with Gasteiger partial charge in [0.2, 0.25) is 0 Å². The number of rotatable bonds is 4. The molecule has 0 saturated heterocycles. The normalized spacial score (nSPS) is 15.6. The predicted molar refractivity (Wildman–Crippen MR) is 70.5 cm³/mol. The van der Waals surface area contributed by atoms with Crippen LogP contribution < -0.4 is 4.72 Å². The summed E-state index contributed by atoms with van der Waals surface area (Å²) >= 11 is 0. The molecule has 1 N–H and O–H groups in total. The van der Waals surface area contributed by atoms with Gasteiger partial charge in [-0.2, -0.15) is 0 Å². The molecule has 1 aromatic rings. The van der Waals surface area contributed by atoms with Crippen molar-refractivity contribution in [2.45, 2.75) is 44.9 Å². The van der Waals surface area contributed by atoms with Gasteiger partial charge in [-0.25, -0.2) is 13.3 Å². The fraction of sp³-hybridized carbons (Fsp3) is 0.538. The van der Waals surface area contributed by atoms with Crippen LogP contribution in [0, 0.1) is 5.82 Å². The quantitative estimate of drug-likeness (QED) is 0.880. The third-order valence-electron chi connectivity index (χ3n) is 2.49. The summed E-state index contributed by atoms with van der Waals surface area (Å²) in [4.78, 5) is 0. The summed E-state index contributed by atoms with van der Waals surface area (Å²) < 4.78 is 28.3. The number of nitrogens with one attached hydrogen (secondary N) is 1. The zero-order valence-corrected chi connectivity index (χ0v) is 11.6. The van der Waals surface area contributed by atoms with E-state index in [0.29, 0.717) is 12.0 Å². The Hall–Kier alpha value is -0.740. The van der Waals surface area contributed by atoms with Crippen LogP contribution in [0.2, 0.25) is 0 Å². The maximum Gasteiger partial charge on any atom is 0.128 e. The smallest absolute Gasteiger partial charge is 0.128 e. The highest BCUT2D eigenvalue weighted by Gasteiger charge is 2.23. The van der Waals surface area contributed by atoms with Crippen LogP contribution in [0.5, 0.6) is 0 Å². The molecule has 0 saturated carbocycles. The molecule has 0 amide bonds. The van der Waals surface area contributed by atoms with Crippen molar-refractivity contribution in [3.05, 3.63) is 35.6 Å². The van der Waals surface area contributed by atoms with Crippen LogP contribution >= 0.6 is 0 Å². The van der Waals surface area contributed by atoms with E-state index in [2.05, 4.69) is 4.72 Å². The summed E-state index contributed by atoms with van der Waals surface area (Å²) in [5, 5.41) is 0. The van der Waals surface area contributed by atoms with E-state index in [-0.39, 0.29) is 16.6 Å². The lowest BCUT2D eigenvalue weighted by Crippen LogP contribution is -2.35. The van der Waals surface area contributed by atoms with Gasteiger partial charge >= 0.3 is 0 Å². The van der Waals surface area contributed by atoms with Crippen molar-refractivity contribution in [2.24, 2.45) is 0 Å². The van der Waals surface area contributed by atoms with Gasteiger partial charge in [0.1, 0.15) is 5.82 Å². The Balaban J connectivity index is 2.87. The van der Waals surface area contributed by atoms with Crippen molar-refractivity contribution < 1.29 is 8.60 Å². The largest absolute Gasteiger partial charge is 0.242 e. The molecule has 2 nitrogen and oxygen atoms in total. The Morgan fingerprint density at radius 3 is 2.41 bits per heavy atom. The van der Waals surface area contributed by atoms with Gasteiger partial charge in [-0.15, -0.1) is 0 Å². The minimum atomic E-state index is -1.19. The maximum atomic E-state index is 13.6. The van der Waals surface area contributed by atoms with Crippen molar-refractivity contribution >= 4 is 11.0 Å². The summed E-state index contributed by atoms with van der Waals surface area (Å²) in [5.41, 5.74) is 0.576. The number of hydrogen-bond donors (Lipinski definition) is 1. The summed E-state index contributed by atoms with van der Waals surface area (Å²) in [6, 6.07) is 6.40. The van der Waals surface area contributed by atoms with Crippen LogP contribution in [0.1, 0.15) is 45.7 Å². The Morgan fingerprint density at radius 1 is 1.35 bits per heavy atom. The lowest BCUT2D eigenvalue weighted by atomic mass is 10.1. The van der Waals surface area contributed by atoms with Gasteiger partial charge in [0, 0.05) is 11.6 Å². The lowest BCUT2D eigenvalue weighted by Gasteiger charge is -2.24. The first-order valence-corrected chi connectivity index (χ1v) is 6.93. The molecular formula is C13H20FNOS. The fourth-order valence-electron chi connectivity index (χ4n) is 1.43. The van der Waals surface area contributed by atoms with E-state index in [0.717, 1.165) is 0 Å². The van der Waals surface area contributed by atoms with E-state index in [1.54, 1.807) is 18.2 Å². The average Bonchev–Trinajstić information content (AvgIpc) is 2.25. The average molecular weight is 257 g/mol. The first-order chi connectivity index (χ1) is 7.86. The lowest BCUT2D eigenvalue weighted by molar-refractivity contribution is 0.545. The molecule has 0 aromatic heterocycles. The molecule has 4 heteroatoms. The molecule has 1 unspecified atom stereocenters. The van der Waals surface area contributed by atoms with Gasteiger partial charge in [-0.05, 0) is 33.3 Å². The Kier molecular flexibility index (Phi) is 4.83. The highest BCUT2D eigenvalue weighted by molar-refractivity contribution is 7.84. The second-order valence-electron chi connectivity index (χ2n) is 4.98. The number of benzene rings is 1. The number of halogens is 1. The molecule has 0 aliphatic rings. The van der Waals surface area contributed by atoms with Crippen LogP contribution in [0.3, 0.4) is 0 Å². The molecule has 0 bridgehead atoms. The van der Waals surface area contributed by atoms with Crippen LogP contribution in [0.4, 0.5) is 4.39 Å². The van der Waals surface area contributed by atoms with Gasteiger partial charge in [-0.1, -0.05) is 25.1 Å². The molecule has 17 heavy (non-hydrogen) atoms. The first kappa shape index (κ1) is 14.3. The summed E-state index contributed by atoms with van der Waals surface area (Å²) in [5.74, 6) is -0.252. The molecule has 1 aromatic carbocycles. The van der Waals surface area contributed by atoms with E-state index in [1.165, 1.54) is 6.07 Å². The second-order valence-corrected chi connectivity index (χ2v) is 6.98. The molecule has 0 radical (unpaired) electrons. The van der Waals surface area contributed by atoms with E-state index in [9.17, 15) is 8.60 Å². The number of hydrogen-bond acceptors (Lipinski definition) is 1. The van der Waals surface area contributed by atoms with E-state index in [1.807, 2.05) is 27.7 Å². The van der Waals surface area contributed by atoms with Crippen molar-refractivity contribution in [3.63, 3.8) is 0 Å². The Bertz CT molecular complexity index is 401.